The molecule has 28 heavy (non-hydrogen) atoms. The molecule has 0 bridgehead atoms. The Morgan fingerprint density at radius 2 is 1.86 bits per heavy atom. The van der Waals surface area contributed by atoms with Gasteiger partial charge < -0.3 is 10.4 Å². The number of nitrogens with one attached hydrogen (secondary N) is 2. The molecule has 0 fully saturated rings. The highest BCUT2D eigenvalue weighted by Gasteiger charge is 2.24. The van der Waals surface area contributed by atoms with Crippen molar-refractivity contribution in [2.45, 2.75) is 6.55 Å². The van der Waals surface area contributed by atoms with Crippen molar-refractivity contribution < 1.29 is 32.3 Å². The minimum Gasteiger partial charge on any atom is -0.465 e. The molecule has 0 aliphatic carbocycles. The van der Waals surface area contributed by atoms with Gasteiger partial charge in [0.15, 0.2) is 5.69 Å². The Balaban J connectivity index is 1.97. The molecule has 0 unspecified atom stereocenters. The molecule has 0 aliphatic heterocycles. The van der Waals surface area contributed by atoms with Gasteiger partial charge in [0.1, 0.15) is 21.6 Å². The normalized spacial score (nSPS) is 10.9. The Morgan fingerprint density at radius 3 is 2.43 bits per heavy atom. The minimum atomic E-state index is -2.93. The van der Waals surface area contributed by atoms with Crippen LogP contribution in [0.2, 0.25) is 0 Å². The van der Waals surface area contributed by atoms with Gasteiger partial charge in [0.05, 0.1) is 23.6 Å². The van der Waals surface area contributed by atoms with Crippen LogP contribution in [0.5, 0.6) is 0 Å². The minimum absolute atomic E-state index is 0.113. The number of alkyl halides is 2. The lowest BCUT2D eigenvalue weighted by Gasteiger charge is -2.02. The SMILES string of the molecule is O=C(O)Nc1sc(-c2c(F)cccc2F)nc1C(=O)Nc1cnn(C(F)F)c1. The molecular formula is C15H9F4N5O3S. The number of halogens is 4. The van der Waals surface area contributed by atoms with Gasteiger partial charge in [0.2, 0.25) is 0 Å². The molecule has 13 heteroatoms. The van der Waals surface area contributed by atoms with E-state index in [1.54, 1.807) is 0 Å². The zero-order valence-corrected chi connectivity index (χ0v) is 14.3. The monoisotopic (exact) mass is 415 g/mol. The second-order valence-corrected chi connectivity index (χ2v) is 6.16. The van der Waals surface area contributed by atoms with E-state index in [0.717, 1.165) is 30.6 Å². The molecule has 2 heterocycles. The van der Waals surface area contributed by atoms with Crippen molar-refractivity contribution in [1.29, 1.82) is 0 Å². The molecule has 2 aromatic heterocycles. The van der Waals surface area contributed by atoms with Crippen LogP contribution in [0.25, 0.3) is 10.6 Å². The number of hydrogen-bond donors (Lipinski definition) is 3. The highest BCUT2D eigenvalue weighted by Crippen LogP contribution is 2.35. The standard InChI is InChI=1S/C15H9F4N5O3S/c16-7-2-1-3-8(17)9(7)12-22-10(13(28-12)23-15(26)27)11(25)21-6-4-20-24(5-6)14(18)19/h1-5,14,23H,(H,21,25)(H,26,27). The smallest absolute Gasteiger partial charge is 0.409 e. The van der Waals surface area contributed by atoms with Crippen LogP contribution in [0.15, 0.2) is 30.6 Å². The fourth-order valence-corrected chi connectivity index (χ4v) is 3.17. The van der Waals surface area contributed by atoms with E-state index in [-0.39, 0.29) is 20.4 Å². The number of anilines is 2. The van der Waals surface area contributed by atoms with Crippen molar-refractivity contribution in [2.75, 3.05) is 10.6 Å². The third-order valence-corrected chi connectivity index (χ3v) is 4.29. The number of aromatic nitrogens is 3. The van der Waals surface area contributed by atoms with Crippen molar-refractivity contribution in [2.24, 2.45) is 0 Å². The topological polar surface area (TPSA) is 109 Å². The Labute approximate surface area is 157 Å². The fraction of sp³-hybridized carbons (Fsp3) is 0.0667. The van der Waals surface area contributed by atoms with Crippen LogP contribution < -0.4 is 10.6 Å². The highest BCUT2D eigenvalue weighted by atomic mass is 32.1. The maximum atomic E-state index is 14.0. The van der Waals surface area contributed by atoms with Gasteiger partial charge >= 0.3 is 12.6 Å². The number of rotatable bonds is 5. The van der Waals surface area contributed by atoms with Crippen molar-refractivity contribution in [3.8, 4) is 10.6 Å². The molecule has 0 atom stereocenters. The average molecular weight is 415 g/mol. The molecule has 0 saturated heterocycles. The molecule has 8 nitrogen and oxygen atoms in total. The number of amides is 2. The number of carbonyl (C=O) groups excluding carboxylic acids is 1. The van der Waals surface area contributed by atoms with E-state index in [2.05, 4.69) is 15.4 Å². The van der Waals surface area contributed by atoms with E-state index >= 15 is 0 Å². The van der Waals surface area contributed by atoms with Gasteiger partial charge in [-0.05, 0) is 12.1 Å². The van der Waals surface area contributed by atoms with Crippen molar-refractivity contribution in [1.82, 2.24) is 14.8 Å². The second kappa shape index (κ2) is 7.64. The zero-order chi connectivity index (χ0) is 20.4. The number of thiazole rings is 1. The Bertz CT molecular complexity index is 1030. The number of hydrogen-bond acceptors (Lipinski definition) is 5. The summed E-state index contributed by atoms with van der Waals surface area (Å²) in [5.74, 6) is -2.90. The van der Waals surface area contributed by atoms with Crippen LogP contribution in [-0.4, -0.2) is 31.9 Å². The first-order valence-electron chi connectivity index (χ1n) is 7.35. The van der Waals surface area contributed by atoms with E-state index < -0.39 is 41.4 Å². The molecule has 2 amide bonds. The molecule has 0 spiro atoms. The molecule has 0 aliphatic rings. The first kappa shape index (κ1) is 19.3. The van der Waals surface area contributed by atoms with Crippen LogP contribution in [-0.2, 0) is 0 Å². The average Bonchev–Trinajstić information content (AvgIpc) is 3.21. The van der Waals surface area contributed by atoms with Crippen molar-refractivity contribution in [3.05, 3.63) is 47.9 Å². The Hall–Kier alpha value is -3.48. The van der Waals surface area contributed by atoms with Gasteiger partial charge in [0.25, 0.3) is 5.91 Å². The maximum absolute atomic E-state index is 14.0. The second-order valence-electron chi connectivity index (χ2n) is 5.16. The van der Waals surface area contributed by atoms with Crippen LogP contribution >= 0.6 is 11.3 Å². The molecule has 0 saturated carbocycles. The Kier molecular flexibility index (Phi) is 5.26. The first-order chi connectivity index (χ1) is 13.3. The summed E-state index contributed by atoms with van der Waals surface area (Å²) in [6.07, 6.45) is 0.248. The summed E-state index contributed by atoms with van der Waals surface area (Å²) in [4.78, 5) is 27.2. The summed E-state index contributed by atoms with van der Waals surface area (Å²) in [7, 11) is 0. The predicted octanol–water partition coefficient (Wildman–Crippen LogP) is 4.02. The molecular weight excluding hydrogens is 406 g/mol. The van der Waals surface area contributed by atoms with E-state index in [1.807, 2.05) is 5.32 Å². The number of carboxylic acid groups (broad SMARTS) is 1. The van der Waals surface area contributed by atoms with Gasteiger partial charge in [-0.1, -0.05) is 17.4 Å². The van der Waals surface area contributed by atoms with E-state index in [0.29, 0.717) is 11.3 Å². The van der Waals surface area contributed by atoms with Crippen LogP contribution in [0.1, 0.15) is 17.0 Å². The first-order valence-corrected chi connectivity index (χ1v) is 8.16. The molecule has 3 rings (SSSR count). The zero-order valence-electron chi connectivity index (χ0n) is 13.5. The van der Waals surface area contributed by atoms with E-state index in [9.17, 15) is 27.2 Å². The largest absolute Gasteiger partial charge is 0.465 e. The summed E-state index contributed by atoms with van der Waals surface area (Å²) >= 11 is 0.534. The fourth-order valence-electron chi connectivity index (χ4n) is 2.16. The van der Waals surface area contributed by atoms with Gasteiger partial charge in [-0.15, -0.1) is 0 Å². The predicted molar refractivity (Wildman–Crippen MR) is 90.5 cm³/mol. The highest BCUT2D eigenvalue weighted by molar-refractivity contribution is 7.19. The van der Waals surface area contributed by atoms with Gasteiger partial charge in [-0.3, -0.25) is 10.1 Å². The molecule has 3 N–H and O–H groups in total. The maximum Gasteiger partial charge on any atom is 0.409 e. The summed E-state index contributed by atoms with van der Waals surface area (Å²) < 4.78 is 53.3. The van der Waals surface area contributed by atoms with E-state index in [4.69, 9.17) is 5.11 Å². The van der Waals surface area contributed by atoms with Gasteiger partial charge in [-0.25, -0.2) is 23.2 Å². The van der Waals surface area contributed by atoms with Gasteiger partial charge in [-0.2, -0.15) is 13.9 Å². The third-order valence-electron chi connectivity index (χ3n) is 3.30. The summed E-state index contributed by atoms with van der Waals surface area (Å²) in [6.45, 7) is -2.93. The lowest BCUT2D eigenvalue weighted by Crippen LogP contribution is -2.16. The number of benzene rings is 1. The quantitative estimate of drug-likeness (QED) is 0.546. The van der Waals surface area contributed by atoms with Crippen LogP contribution in [0.4, 0.5) is 33.0 Å². The van der Waals surface area contributed by atoms with Crippen LogP contribution in [0, 0.1) is 11.6 Å². The molecule has 1 aromatic carbocycles. The number of nitrogens with zero attached hydrogens (tertiary/aromatic N) is 3. The van der Waals surface area contributed by atoms with Crippen LogP contribution in [0.3, 0.4) is 0 Å². The summed E-state index contributed by atoms with van der Waals surface area (Å²) in [5, 5.41) is 15.8. The lowest BCUT2D eigenvalue weighted by atomic mass is 10.2. The molecule has 0 radical (unpaired) electrons. The van der Waals surface area contributed by atoms with Gasteiger partial charge in [0, 0.05) is 0 Å². The lowest BCUT2D eigenvalue weighted by molar-refractivity contribution is 0.0566. The Morgan fingerprint density at radius 1 is 1.18 bits per heavy atom. The summed E-state index contributed by atoms with van der Waals surface area (Å²) in [6, 6.07) is 3.08. The number of carbonyl (C=O) groups is 2. The van der Waals surface area contributed by atoms with Crippen molar-refractivity contribution >= 4 is 34.0 Å². The molecule has 146 valence electrons. The van der Waals surface area contributed by atoms with Crippen molar-refractivity contribution in [3.63, 3.8) is 0 Å². The summed E-state index contributed by atoms with van der Waals surface area (Å²) in [5.41, 5.74) is -1.14. The third kappa shape index (κ3) is 3.93. The van der Waals surface area contributed by atoms with E-state index in [1.165, 1.54) is 0 Å². The molecule has 3 aromatic rings.